The van der Waals surface area contributed by atoms with Crippen LogP contribution in [-0.4, -0.2) is 22.7 Å². The molecule has 6 heteroatoms. The summed E-state index contributed by atoms with van der Waals surface area (Å²) in [7, 11) is 0. The van der Waals surface area contributed by atoms with Crippen LogP contribution in [0.15, 0.2) is 36.0 Å². The number of benzene rings is 1. The van der Waals surface area contributed by atoms with Crippen LogP contribution < -0.4 is 0 Å². The van der Waals surface area contributed by atoms with E-state index < -0.39 is 17.7 Å². The summed E-state index contributed by atoms with van der Waals surface area (Å²) < 4.78 is 10.1. The minimum absolute atomic E-state index is 0.187. The van der Waals surface area contributed by atoms with Gasteiger partial charge in [0.05, 0.1) is 5.52 Å². The largest absolute Gasteiger partial charge is 0.419 e. The van der Waals surface area contributed by atoms with Gasteiger partial charge in [0.1, 0.15) is 5.57 Å². The molecule has 1 aromatic carbocycles. The number of aromatic nitrogens is 1. The molecule has 1 saturated heterocycles. The maximum atomic E-state index is 12.0. The number of pyridine rings is 1. The second-order valence-corrected chi connectivity index (χ2v) is 5.74. The molecule has 1 aromatic heterocycles. The number of hydrogen-bond acceptors (Lipinski definition) is 5. The van der Waals surface area contributed by atoms with E-state index in [0.717, 1.165) is 5.39 Å². The maximum absolute atomic E-state index is 12.0. The topological polar surface area (TPSA) is 65.5 Å². The van der Waals surface area contributed by atoms with E-state index in [4.69, 9.17) is 21.1 Å². The molecule has 1 fully saturated rings. The normalized spacial score (nSPS) is 17.1. The zero-order valence-corrected chi connectivity index (χ0v) is 12.7. The van der Waals surface area contributed by atoms with Crippen LogP contribution in [0, 0.1) is 0 Å². The molecule has 1 aliphatic rings. The number of rotatable bonds is 1. The Hall–Kier alpha value is -2.40. The van der Waals surface area contributed by atoms with E-state index in [2.05, 4.69) is 4.98 Å². The van der Waals surface area contributed by atoms with Crippen molar-refractivity contribution in [2.75, 3.05) is 0 Å². The van der Waals surface area contributed by atoms with Crippen LogP contribution in [0.4, 0.5) is 0 Å². The van der Waals surface area contributed by atoms with E-state index in [1.165, 1.54) is 19.9 Å². The zero-order chi connectivity index (χ0) is 15.9. The number of carbonyl (C=O) groups excluding carboxylic acids is 2. The molecule has 0 spiro atoms. The lowest BCUT2D eigenvalue weighted by atomic mass is 10.1. The number of ether oxygens (including phenoxy) is 2. The van der Waals surface area contributed by atoms with Gasteiger partial charge in [-0.05, 0) is 24.3 Å². The molecule has 3 rings (SSSR count). The SMILES string of the molecule is CC1(C)OC(=O)C(=Cc2cc(Cl)cc3cccnc23)C(=O)O1. The Morgan fingerprint density at radius 3 is 2.55 bits per heavy atom. The van der Waals surface area contributed by atoms with Crippen LogP contribution in [0.25, 0.3) is 17.0 Å². The number of nitrogens with zero attached hydrogens (tertiary/aromatic N) is 1. The van der Waals surface area contributed by atoms with Gasteiger partial charge in [0.2, 0.25) is 0 Å². The number of cyclic esters (lactones) is 2. The van der Waals surface area contributed by atoms with Crippen LogP contribution in [0.5, 0.6) is 0 Å². The Kier molecular flexibility index (Phi) is 3.37. The van der Waals surface area contributed by atoms with Crippen molar-refractivity contribution in [2.45, 2.75) is 19.6 Å². The first kappa shape index (κ1) is 14.5. The van der Waals surface area contributed by atoms with Gasteiger partial charge in [-0.25, -0.2) is 9.59 Å². The number of fused-ring (bicyclic) bond motifs is 1. The van der Waals surface area contributed by atoms with Gasteiger partial charge in [0, 0.05) is 36.0 Å². The first-order valence-corrected chi connectivity index (χ1v) is 6.96. The van der Waals surface area contributed by atoms with Crippen molar-refractivity contribution in [1.29, 1.82) is 0 Å². The summed E-state index contributed by atoms with van der Waals surface area (Å²) in [6, 6.07) is 7.01. The molecule has 0 amide bonds. The Bertz CT molecular complexity index is 804. The average molecular weight is 318 g/mol. The fourth-order valence-corrected chi connectivity index (χ4v) is 2.46. The minimum Gasteiger partial charge on any atom is -0.419 e. The second-order valence-electron chi connectivity index (χ2n) is 5.31. The van der Waals surface area contributed by atoms with E-state index in [0.29, 0.717) is 16.1 Å². The van der Waals surface area contributed by atoms with Gasteiger partial charge in [0.25, 0.3) is 5.79 Å². The zero-order valence-electron chi connectivity index (χ0n) is 11.9. The fraction of sp³-hybridized carbons (Fsp3) is 0.188. The first-order valence-electron chi connectivity index (χ1n) is 6.58. The molecule has 112 valence electrons. The van der Waals surface area contributed by atoms with Crippen LogP contribution >= 0.6 is 11.6 Å². The smallest absolute Gasteiger partial charge is 0.348 e. The standard InChI is InChI=1S/C16H12ClNO4/c1-16(2)21-14(19)12(15(20)22-16)8-10-7-11(17)6-9-4-3-5-18-13(9)10/h3-8H,1-2H3. The molecular weight excluding hydrogens is 306 g/mol. The van der Waals surface area contributed by atoms with Crippen LogP contribution in [0.1, 0.15) is 19.4 Å². The number of esters is 2. The van der Waals surface area contributed by atoms with E-state index in [-0.39, 0.29) is 5.57 Å². The van der Waals surface area contributed by atoms with Crippen molar-refractivity contribution in [2.24, 2.45) is 0 Å². The molecule has 5 nitrogen and oxygen atoms in total. The van der Waals surface area contributed by atoms with Gasteiger partial charge in [-0.2, -0.15) is 0 Å². The predicted molar refractivity (Wildman–Crippen MR) is 81.0 cm³/mol. The Labute approximate surface area is 131 Å². The Balaban J connectivity index is 2.13. The average Bonchev–Trinajstić information content (AvgIpc) is 2.41. The summed E-state index contributed by atoms with van der Waals surface area (Å²) in [6.45, 7) is 2.99. The lowest BCUT2D eigenvalue weighted by Crippen LogP contribution is -2.41. The second kappa shape index (κ2) is 5.10. The highest BCUT2D eigenvalue weighted by atomic mass is 35.5. The van der Waals surface area contributed by atoms with Gasteiger partial charge < -0.3 is 9.47 Å². The van der Waals surface area contributed by atoms with Crippen molar-refractivity contribution >= 4 is 40.5 Å². The van der Waals surface area contributed by atoms with Gasteiger partial charge in [-0.1, -0.05) is 17.7 Å². The maximum Gasteiger partial charge on any atom is 0.348 e. The third kappa shape index (κ3) is 2.67. The quantitative estimate of drug-likeness (QED) is 0.459. The molecular formula is C16H12ClNO4. The van der Waals surface area contributed by atoms with E-state index in [9.17, 15) is 9.59 Å². The molecule has 0 aliphatic carbocycles. The van der Waals surface area contributed by atoms with E-state index >= 15 is 0 Å². The van der Waals surface area contributed by atoms with Gasteiger partial charge in [-0.3, -0.25) is 4.98 Å². The van der Waals surface area contributed by atoms with E-state index in [1.54, 1.807) is 24.4 Å². The van der Waals surface area contributed by atoms with Crippen molar-refractivity contribution in [1.82, 2.24) is 4.98 Å². The van der Waals surface area contributed by atoms with Crippen molar-refractivity contribution in [3.63, 3.8) is 0 Å². The van der Waals surface area contributed by atoms with Crippen molar-refractivity contribution in [3.05, 3.63) is 46.6 Å². The molecule has 2 heterocycles. The molecule has 0 bridgehead atoms. The molecule has 22 heavy (non-hydrogen) atoms. The lowest BCUT2D eigenvalue weighted by Gasteiger charge is -2.29. The van der Waals surface area contributed by atoms with Crippen molar-refractivity contribution in [3.8, 4) is 0 Å². The number of halogens is 1. The Morgan fingerprint density at radius 2 is 1.86 bits per heavy atom. The molecule has 0 radical (unpaired) electrons. The predicted octanol–water partition coefficient (Wildman–Crippen LogP) is 3.11. The van der Waals surface area contributed by atoms with E-state index in [1.807, 2.05) is 6.07 Å². The third-order valence-corrected chi connectivity index (χ3v) is 3.33. The summed E-state index contributed by atoms with van der Waals surface area (Å²) in [5.41, 5.74) is 0.991. The summed E-state index contributed by atoms with van der Waals surface area (Å²) >= 11 is 6.07. The highest BCUT2D eigenvalue weighted by molar-refractivity contribution is 6.31. The highest BCUT2D eigenvalue weighted by Crippen LogP contribution is 2.28. The first-order chi connectivity index (χ1) is 10.4. The highest BCUT2D eigenvalue weighted by Gasteiger charge is 2.38. The monoisotopic (exact) mass is 317 g/mol. The number of carbonyl (C=O) groups is 2. The van der Waals surface area contributed by atoms with Crippen LogP contribution in [-0.2, 0) is 19.1 Å². The fourth-order valence-electron chi connectivity index (χ4n) is 2.23. The third-order valence-electron chi connectivity index (χ3n) is 3.12. The molecule has 0 atom stereocenters. The molecule has 2 aromatic rings. The molecule has 0 N–H and O–H groups in total. The summed E-state index contributed by atoms with van der Waals surface area (Å²) in [5.74, 6) is -2.73. The molecule has 0 unspecified atom stereocenters. The summed E-state index contributed by atoms with van der Waals surface area (Å²) in [6.07, 6.45) is 3.01. The van der Waals surface area contributed by atoms with Crippen molar-refractivity contribution < 1.29 is 19.1 Å². The van der Waals surface area contributed by atoms with Gasteiger partial charge in [0.15, 0.2) is 0 Å². The van der Waals surface area contributed by atoms with Gasteiger partial charge >= 0.3 is 11.9 Å². The summed E-state index contributed by atoms with van der Waals surface area (Å²) in [5, 5.41) is 1.28. The molecule has 0 saturated carbocycles. The molecule has 1 aliphatic heterocycles. The summed E-state index contributed by atoms with van der Waals surface area (Å²) in [4.78, 5) is 28.3. The lowest BCUT2D eigenvalue weighted by molar-refractivity contribution is -0.222. The van der Waals surface area contributed by atoms with Crippen LogP contribution in [0.2, 0.25) is 5.02 Å². The Morgan fingerprint density at radius 1 is 1.18 bits per heavy atom. The number of hydrogen-bond donors (Lipinski definition) is 0. The van der Waals surface area contributed by atoms with Gasteiger partial charge in [-0.15, -0.1) is 0 Å². The minimum atomic E-state index is -1.26. The van der Waals surface area contributed by atoms with Crippen LogP contribution in [0.3, 0.4) is 0 Å².